The Labute approximate surface area is 226 Å². The Balaban J connectivity index is 1.56. The molecule has 0 unspecified atom stereocenters. The molecule has 0 N–H and O–H groups in total. The molecule has 1 aromatic heterocycles. The van der Waals surface area contributed by atoms with Gasteiger partial charge in [0.05, 0.1) is 27.4 Å². The van der Waals surface area contributed by atoms with Crippen molar-refractivity contribution >= 4 is 50.6 Å². The average Bonchev–Trinajstić information content (AvgIpc) is 3.19. The molecule has 0 saturated carbocycles. The van der Waals surface area contributed by atoms with Crippen molar-refractivity contribution in [1.29, 1.82) is 0 Å². The second-order valence-corrected chi connectivity index (χ2v) is 11.1. The van der Waals surface area contributed by atoms with Crippen LogP contribution in [0.15, 0.2) is 86.6 Å². The Morgan fingerprint density at radius 1 is 1.14 bits per heavy atom. The van der Waals surface area contributed by atoms with E-state index in [2.05, 4.69) is 40.2 Å². The van der Waals surface area contributed by atoms with Crippen LogP contribution in [0.1, 0.15) is 41.6 Å². The Morgan fingerprint density at radius 2 is 1.94 bits per heavy atom. The van der Waals surface area contributed by atoms with Gasteiger partial charge in [0.15, 0.2) is 4.80 Å². The zero-order valence-electron chi connectivity index (χ0n) is 19.5. The molecule has 0 amide bonds. The number of ether oxygens (including phenoxy) is 1. The van der Waals surface area contributed by atoms with Crippen molar-refractivity contribution in [3.63, 3.8) is 0 Å². The third-order valence-electron chi connectivity index (χ3n) is 6.61. The van der Waals surface area contributed by atoms with Crippen molar-refractivity contribution in [1.82, 2.24) is 4.57 Å². The number of hydrogen-bond donors (Lipinski definition) is 0. The predicted octanol–water partition coefficient (Wildman–Crippen LogP) is 6.13. The summed E-state index contributed by atoms with van der Waals surface area (Å²) in [6.07, 6.45) is 3.72. The van der Waals surface area contributed by atoms with E-state index in [1.807, 2.05) is 60.0 Å². The van der Waals surface area contributed by atoms with Crippen molar-refractivity contribution in [3.05, 3.63) is 124 Å². The van der Waals surface area contributed by atoms with Crippen LogP contribution in [0.25, 0.3) is 11.8 Å². The molecule has 1 aliphatic heterocycles. The van der Waals surface area contributed by atoms with Crippen LogP contribution < -0.4 is 19.6 Å². The highest BCUT2D eigenvalue weighted by Gasteiger charge is 2.32. The van der Waals surface area contributed by atoms with Gasteiger partial charge in [-0.25, -0.2) is 4.99 Å². The largest absolute Gasteiger partial charge is 0.493 e. The fourth-order valence-corrected chi connectivity index (χ4v) is 6.64. The van der Waals surface area contributed by atoms with E-state index in [4.69, 9.17) is 21.3 Å². The lowest BCUT2D eigenvalue weighted by molar-refractivity contribution is 0.338. The lowest BCUT2D eigenvalue weighted by atomic mass is 9.83. The Bertz CT molecular complexity index is 1700. The second kappa shape index (κ2) is 9.51. The summed E-state index contributed by atoms with van der Waals surface area (Å²) in [6.45, 7) is 2.55. The molecule has 0 spiro atoms. The standard InChI is InChI=1S/C29H22BrClN2O2S/c1-2-35-24-14-7-17(15-23(24)30)16-25-28(34)33-27(19-8-11-20(31)12-9-19)22-13-10-18-5-3-4-6-21(18)26(22)32-29(33)36-25/h3-9,11-12,14-16,27H,2,10,13H2,1H3/b25-16-/t27-/m0/s1. The van der Waals surface area contributed by atoms with Crippen LogP contribution in [0.5, 0.6) is 5.75 Å². The van der Waals surface area contributed by atoms with E-state index in [0.29, 0.717) is 21.0 Å². The summed E-state index contributed by atoms with van der Waals surface area (Å²) < 4.78 is 9.00. The molecule has 7 heteroatoms. The van der Waals surface area contributed by atoms with E-state index < -0.39 is 0 Å². The summed E-state index contributed by atoms with van der Waals surface area (Å²) in [5.74, 6) is 0.783. The van der Waals surface area contributed by atoms with Gasteiger partial charge in [-0.05, 0) is 88.3 Å². The lowest BCUT2D eigenvalue weighted by Gasteiger charge is -2.30. The van der Waals surface area contributed by atoms with Crippen LogP contribution >= 0.6 is 38.9 Å². The summed E-state index contributed by atoms with van der Waals surface area (Å²) in [4.78, 5) is 19.6. The predicted molar refractivity (Wildman–Crippen MR) is 150 cm³/mol. The van der Waals surface area contributed by atoms with Crippen LogP contribution in [0.3, 0.4) is 0 Å². The van der Waals surface area contributed by atoms with Crippen molar-refractivity contribution in [2.75, 3.05) is 6.61 Å². The zero-order chi connectivity index (χ0) is 24.8. The van der Waals surface area contributed by atoms with Crippen molar-refractivity contribution in [2.24, 2.45) is 4.99 Å². The van der Waals surface area contributed by atoms with Gasteiger partial charge in [-0.1, -0.05) is 65.4 Å². The maximum absolute atomic E-state index is 13.8. The molecule has 1 aliphatic carbocycles. The molecule has 1 atom stereocenters. The Hall–Kier alpha value is -2.93. The van der Waals surface area contributed by atoms with Crippen LogP contribution in [-0.4, -0.2) is 11.2 Å². The number of rotatable bonds is 4. The maximum atomic E-state index is 13.8. The smallest absolute Gasteiger partial charge is 0.271 e. The van der Waals surface area contributed by atoms with Crippen LogP contribution in [0.4, 0.5) is 0 Å². The molecular formula is C29H22BrClN2O2S. The number of aryl methyl sites for hydroxylation is 1. The van der Waals surface area contributed by atoms with E-state index >= 15 is 0 Å². The summed E-state index contributed by atoms with van der Waals surface area (Å²) >= 11 is 11.2. The SMILES string of the molecule is CCOc1ccc(/C=c2\sc3n(c2=O)[C@@H](c2ccc(Cl)cc2)C2=C(N=3)c3ccccc3CC2)cc1Br. The number of benzene rings is 3. The zero-order valence-corrected chi connectivity index (χ0v) is 22.7. The van der Waals surface area contributed by atoms with E-state index in [1.54, 1.807) is 0 Å². The normalized spacial score (nSPS) is 16.8. The van der Waals surface area contributed by atoms with Gasteiger partial charge in [-0.3, -0.25) is 9.36 Å². The Kier molecular flexibility index (Phi) is 6.20. The molecule has 3 aromatic carbocycles. The van der Waals surface area contributed by atoms with Crippen LogP contribution in [0.2, 0.25) is 5.02 Å². The van der Waals surface area contributed by atoms with Crippen molar-refractivity contribution in [3.8, 4) is 5.75 Å². The van der Waals surface area contributed by atoms with E-state index in [-0.39, 0.29) is 11.6 Å². The minimum Gasteiger partial charge on any atom is -0.493 e. The molecule has 4 aromatic rings. The monoisotopic (exact) mass is 576 g/mol. The van der Waals surface area contributed by atoms with Gasteiger partial charge in [0.25, 0.3) is 5.56 Å². The molecule has 0 saturated heterocycles. The number of hydrogen-bond acceptors (Lipinski definition) is 4. The maximum Gasteiger partial charge on any atom is 0.271 e. The first-order chi connectivity index (χ1) is 17.5. The number of allylic oxidation sites excluding steroid dienone is 1. The minimum atomic E-state index is -0.212. The molecule has 0 bridgehead atoms. The third-order valence-corrected chi connectivity index (χ3v) is 8.47. The quantitative estimate of drug-likeness (QED) is 0.293. The van der Waals surface area contributed by atoms with E-state index in [9.17, 15) is 4.79 Å². The molecular weight excluding hydrogens is 556 g/mol. The van der Waals surface area contributed by atoms with Crippen LogP contribution in [-0.2, 0) is 6.42 Å². The fourth-order valence-electron chi connectivity index (χ4n) is 5.00. The molecule has 4 nitrogen and oxygen atoms in total. The molecule has 180 valence electrons. The van der Waals surface area contributed by atoms with Crippen molar-refractivity contribution < 1.29 is 4.74 Å². The van der Waals surface area contributed by atoms with Gasteiger partial charge in [0, 0.05) is 10.6 Å². The number of fused-ring (bicyclic) bond motifs is 3. The van der Waals surface area contributed by atoms with Gasteiger partial charge in [0.2, 0.25) is 0 Å². The first-order valence-corrected chi connectivity index (χ1v) is 13.8. The summed E-state index contributed by atoms with van der Waals surface area (Å²) in [5.41, 5.74) is 6.56. The number of aromatic nitrogens is 1. The molecule has 2 aliphatic rings. The van der Waals surface area contributed by atoms with Crippen LogP contribution in [0, 0.1) is 0 Å². The number of halogens is 2. The van der Waals surface area contributed by atoms with Gasteiger partial charge >= 0.3 is 0 Å². The first-order valence-electron chi connectivity index (χ1n) is 11.8. The average molecular weight is 578 g/mol. The van der Waals surface area contributed by atoms with Gasteiger partial charge in [0.1, 0.15) is 5.75 Å². The minimum absolute atomic E-state index is 0.0332. The molecule has 0 fully saturated rings. The van der Waals surface area contributed by atoms with Gasteiger partial charge in [-0.2, -0.15) is 0 Å². The fraction of sp³-hybridized carbons (Fsp3) is 0.172. The van der Waals surface area contributed by atoms with E-state index in [0.717, 1.165) is 45.5 Å². The second-order valence-electron chi connectivity index (χ2n) is 8.79. The molecule has 36 heavy (non-hydrogen) atoms. The number of nitrogens with zero attached hydrogens (tertiary/aromatic N) is 2. The lowest BCUT2D eigenvalue weighted by Crippen LogP contribution is -2.38. The first kappa shape index (κ1) is 23.5. The highest BCUT2D eigenvalue weighted by atomic mass is 79.9. The topological polar surface area (TPSA) is 43.6 Å². The third kappa shape index (κ3) is 4.07. The summed E-state index contributed by atoms with van der Waals surface area (Å²) in [6, 6.07) is 21.9. The van der Waals surface area contributed by atoms with E-state index in [1.165, 1.54) is 22.5 Å². The Morgan fingerprint density at radius 3 is 2.72 bits per heavy atom. The van der Waals surface area contributed by atoms with Gasteiger partial charge in [-0.15, -0.1) is 0 Å². The summed E-state index contributed by atoms with van der Waals surface area (Å²) in [5, 5.41) is 0.676. The highest BCUT2D eigenvalue weighted by molar-refractivity contribution is 9.10. The molecule has 0 radical (unpaired) electrons. The van der Waals surface area contributed by atoms with Crippen molar-refractivity contribution in [2.45, 2.75) is 25.8 Å². The number of thiazole rings is 1. The highest BCUT2D eigenvalue weighted by Crippen LogP contribution is 2.41. The van der Waals surface area contributed by atoms with Gasteiger partial charge < -0.3 is 4.74 Å². The summed E-state index contributed by atoms with van der Waals surface area (Å²) in [7, 11) is 0. The molecule has 6 rings (SSSR count). The molecule has 2 heterocycles.